The highest BCUT2D eigenvalue weighted by Gasteiger charge is 2.16. The molecule has 0 aromatic rings. The van der Waals surface area contributed by atoms with Crippen LogP contribution in [0.2, 0.25) is 0 Å². The van der Waals surface area contributed by atoms with Crippen LogP contribution in [0.3, 0.4) is 0 Å². The maximum Gasteiger partial charge on any atom is 0.303 e. The summed E-state index contributed by atoms with van der Waals surface area (Å²) in [6, 6.07) is 0. The zero-order valence-electron chi connectivity index (χ0n) is 7.10. The van der Waals surface area contributed by atoms with Crippen molar-refractivity contribution in [3.63, 3.8) is 0 Å². The summed E-state index contributed by atoms with van der Waals surface area (Å²) in [7, 11) is 0. The molecule has 0 aromatic carbocycles. The first-order valence-electron chi connectivity index (χ1n) is 3.93. The molecule has 5 nitrogen and oxygen atoms in total. The molecule has 0 unspecified atom stereocenters. The average molecular weight is 188 g/mol. The summed E-state index contributed by atoms with van der Waals surface area (Å²) < 4.78 is 0. The third kappa shape index (κ3) is 6.99. The minimum atomic E-state index is -1.03. The number of hydrogen-bond donors (Lipinski definition) is 2. The van der Waals surface area contributed by atoms with Crippen LogP contribution in [0.15, 0.2) is 0 Å². The van der Waals surface area contributed by atoms with Crippen LogP contribution >= 0.6 is 0 Å². The molecule has 0 fully saturated rings. The second-order valence-electron chi connectivity index (χ2n) is 2.81. The van der Waals surface area contributed by atoms with Crippen molar-refractivity contribution in [3.05, 3.63) is 0 Å². The van der Waals surface area contributed by atoms with Crippen LogP contribution in [0.25, 0.3) is 0 Å². The maximum absolute atomic E-state index is 10.3. The Morgan fingerprint density at radius 1 is 1.15 bits per heavy atom. The predicted octanol–water partition coefficient (Wildman–Crippen LogP) is 0.531. The topological polar surface area (TPSA) is 91.7 Å². The number of aliphatic carboxylic acids is 2. The van der Waals surface area contributed by atoms with E-state index in [1.165, 1.54) is 0 Å². The molecule has 0 saturated heterocycles. The highest BCUT2D eigenvalue weighted by Crippen LogP contribution is 2.14. The quantitative estimate of drug-likeness (QED) is 0.568. The molecule has 0 aliphatic heterocycles. The normalized spacial score (nSPS) is 9.92. The fourth-order valence-electron chi connectivity index (χ4n) is 1.07. The molecule has 0 bridgehead atoms. The van der Waals surface area contributed by atoms with Gasteiger partial charge in [0.05, 0.1) is 0 Å². The molecule has 0 aliphatic rings. The number of carbonyl (C=O) groups is 3. The molecule has 0 amide bonds. The lowest BCUT2D eigenvalue weighted by Crippen LogP contribution is -2.12. The van der Waals surface area contributed by atoms with E-state index in [9.17, 15) is 14.4 Å². The SMILES string of the molecule is O=CCCC(CC(=O)O)CC(=O)O. The number of carbonyl (C=O) groups excluding carboxylic acids is 1. The van der Waals surface area contributed by atoms with Gasteiger partial charge in [-0.3, -0.25) is 9.59 Å². The summed E-state index contributed by atoms with van der Waals surface area (Å²) in [6.45, 7) is 0. The van der Waals surface area contributed by atoms with Gasteiger partial charge in [0.2, 0.25) is 0 Å². The van der Waals surface area contributed by atoms with Crippen molar-refractivity contribution in [2.45, 2.75) is 25.7 Å². The van der Waals surface area contributed by atoms with Gasteiger partial charge in [-0.25, -0.2) is 0 Å². The molecule has 0 radical (unpaired) electrons. The molecule has 0 rings (SSSR count). The Morgan fingerprint density at radius 2 is 1.62 bits per heavy atom. The second kappa shape index (κ2) is 6.16. The molecule has 0 atom stereocenters. The standard InChI is InChI=1S/C8H12O5/c9-3-1-2-6(4-7(10)11)5-8(12)13/h3,6H,1-2,4-5H2,(H,10,11)(H,12,13). The van der Waals surface area contributed by atoms with Crippen molar-refractivity contribution in [2.24, 2.45) is 5.92 Å². The van der Waals surface area contributed by atoms with Gasteiger partial charge in [-0.15, -0.1) is 0 Å². The Bertz CT molecular complexity index is 183. The lowest BCUT2D eigenvalue weighted by atomic mass is 9.96. The molecule has 0 spiro atoms. The molecule has 13 heavy (non-hydrogen) atoms. The predicted molar refractivity (Wildman–Crippen MR) is 43.3 cm³/mol. The lowest BCUT2D eigenvalue weighted by Gasteiger charge is -2.09. The van der Waals surface area contributed by atoms with E-state index in [1.54, 1.807) is 0 Å². The van der Waals surface area contributed by atoms with E-state index in [0.717, 1.165) is 0 Å². The molecule has 0 saturated carbocycles. The Labute approximate surface area is 75.4 Å². The zero-order valence-corrected chi connectivity index (χ0v) is 7.10. The summed E-state index contributed by atoms with van der Waals surface area (Å²) in [5.74, 6) is -2.51. The largest absolute Gasteiger partial charge is 0.481 e. The molecule has 5 heteroatoms. The average Bonchev–Trinajstić information content (AvgIpc) is 1.98. The number of carboxylic acids is 2. The van der Waals surface area contributed by atoms with Gasteiger partial charge in [0, 0.05) is 19.3 Å². The van der Waals surface area contributed by atoms with Gasteiger partial charge in [0.15, 0.2) is 0 Å². The highest BCUT2D eigenvalue weighted by atomic mass is 16.4. The van der Waals surface area contributed by atoms with Gasteiger partial charge in [-0.2, -0.15) is 0 Å². The van der Waals surface area contributed by atoms with E-state index in [1.807, 2.05) is 0 Å². The first-order valence-corrected chi connectivity index (χ1v) is 3.93. The van der Waals surface area contributed by atoms with E-state index in [4.69, 9.17) is 10.2 Å². The summed E-state index contributed by atoms with van der Waals surface area (Å²) in [5.41, 5.74) is 0. The van der Waals surface area contributed by atoms with Crippen LogP contribution in [0.4, 0.5) is 0 Å². The summed E-state index contributed by atoms with van der Waals surface area (Å²) >= 11 is 0. The fourth-order valence-corrected chi connectivity index (χ4v) is 1.07. The van der Waals surface area contributed by atoms with Crippen molar-refractivity contribution in [1.29, 1.82) is 0 Å². The van der Waals surface area contributed by atoms with Gasteiger partial charge in [-0.05, 0) is 12.3 Å². The van der Waals surface area contributed by atoms with Gasteiger partial charge < -0.3 is 15.0 Å². The Kier molecular flexibility index (Phi) is 5.50. The number of carboxylic acid groups (broad SMARTS) is 2. The summed E-state index contributed by atoms with van der Waals surface area (Å²) in [5, 5.41) is 16.8. The smallest absolute Gasteiger partial charge is 0.303 e. The van der Waals surface area contributed by atoms with Crippen LogP contribution in [-0.4, -0.2) is 28.4 Å². The molecule has 74 valence electrons. The van der Waals surface area contributed by atoms with Gasteiger partial charge >= 0.3 is 11.9 Å². The first kappa shape index (κ1) is 11.6. The maximum atomic E-state index is 10.3. The van der Waals surface area contributed by atoms with Crippen molar-refractivity contribution in [3.8, 4) is 0 Å². The molecular formula is C8H12O5. The molecule has 0 aliphatic carbocycles. The van der Waals surface area contributed by atoms with Gasteiger partial charge in [-0.1, -0.05) is 0 Å². The first-order chi connectivity index (χ1) is 6.06. The van der Waals surface area contributed by atoms with E-state index >= 15 is 0 Å². The minimum Gasteiger partial charge on any atom is -0.481 e. The number of rotatable bonds is 7. The number of hydrogen-bond acceptors (Lipinski definition) is 3. The number of aldehydes is 1. The van der Waals surface area contributed by atoms with Gasteiger partial charge in [0.1, 0.15) is 6.29 Å². The monoisotopic (exact) mass is 188 g/mol. The van der Waals surface area contributed by atoms with Crippen LogP contribution < -0.4 is 0 Å². The van der Waals surface area contributed by atoms with Crippen LogP contribution in [0.5, 0.6) is 0 Å². The van der Waals surface area contributed by atoms with Crippen molar-refractivity contribution >= 4 is 18.2 Å². The van der Waals surface area contributed by atoms with Crippen LogP contribution in [0, 0.1) is 5.92 Å². The third-order valence-electron chi connectivity index (χ3n) is 1.62. The van der Waals surface area contributed by atoms with Crippen LogP contribution in [-0.2, 0) is 14.4 Å². The lowest BCUT2D eigenvalue weighted by molar-refractivity contribution is -0.140. The highest BCUT2D eigenvalue weighted by molar-refractivity contribution is 5.70. The van der Waals surface area contributed by atoms with Crippen LogP contribution in [0.1, 0.15) is 25.7 Å². The zero-order chi connectivity index (χ0) is 10.3. The second-order valence-corrected chi connectivity index (χ2v) is 2.81. The van der Waals surface area contributed by atoms with E-state index in [0.29, 0.717) is 12.7 Å². The summed E-state index contributed by atoms with van der Waals surface area (Å²) in [4.78, 5) is 30.5. The van der Waals surface area contributed by atoms with Crippen molar-refractivity contribution < 1.29 is 24.6 Å². The van der Waals surface area contributed by atoms with Gasteiger partial charge in [0.25, 0.3) is 0 Å². The summed E-state index contributed by atoms with van der Waals surface area (Å²) in [6.07, 6.45) is 0.810. The Hall–Kier alpha value is -1.39. The van der Waals surface area contributed by atoms with E-state index in [2.05, 4.69) is 0 Å². The Balaban J connectivity index is 3.93. The van der Waals surface area contributed by atoms with E-state index in [-0.39, 0.29) is 19.3 Å². The van der Waals surface area contributed by atoms with Crippen molar-refractivity contribution in [2.75, 3.05) is 0 Å². The molecule has 2 N–H and O–H groups in total. The Morgan fingerprint density at radius 3 is 1.92 bits per heavy atom. The molecular weight excluding hydrogens is 176 g/mol. The van der Waals surface area contributed by atoms with E-state index < -0.39 is 17.9 Å². The third-order valence-corrected chi connectivity index (χ3v) is 1.62. The fraction of sp³-hybridized carbons (Fsp3) is 0.625. The minimum absolute atomic E-state index is 0.194. The van der Waals surface area contributed by atoms with Crippen molar-refractivity contribution in [1.82, 2.24) is 0 Å². The molecule has 0 aromatic heterocycles. The molecule has 0 heterocycles.